The zero-order chi connectivity index (χ0) is 16.4. The molecule has 2 fully saturated rings. The van der Waals surface area contributed by atoms with Gasteiger partial charge in [0.1, 0.15) is 0 Å². The Kier molecular flexibility index (Phi) is 4.52. The third-order valence-corrected chi connectivity index (χ3v) is 4.23. The average Bonchev–Trinajstić information content (AvgIpc) is 2.87. The largest absolute Gasteiger partial charge is 0.372 e. The van der Waals surface area contributed by atoms with E-state index >= 15 is 0 Å². The number of hydrogen-bond acceptors (Lipinski definition) is 3. The SMILES string of the molecule is C[C@@H]1CN(C(=O)N[C@H]2CC(=O)N(c3ccccc3)C2)C[C@@H](C)O1. The van der Waals surface area contributed by atoms with Gasteiger partial charge in [0.2, 0.25) is 5.91 Å². The summed E-state index contributed by atoms with van der Waals surface area (Å²) >= 11 is 0. The van der Waals surface area contributed by atoms with Crippen LogP contribution in [0.4, 0.5) is 10.5 Å². The number of benzene rings is 1. The fraction of sp³-hybridized carbons (Fsp3) is 0.529. The molecule has 1 N–H and O–H groups in total. The van der Waals surface area contributed by atoms with Gasteiger partial charge in [0.15, 0.2) is 0 Å². The number of morpholine rings is 1. The summed E-state index contributed by atoms with van der Waals surface area (Å²) in [5.41, 5.74) is 0.878. The number of carbonyl (C=O) groups excluding carboxylic acids is 2. The van der Waals surface area contributed by atoms with Crippen LogP contribution < -0.4 is 10.2 Å². The first-order valence-electron chi connectivity index (χ1n) is 8.09. The van der Waals surface area contributed by atoms with E-state index in [4.69, 9.17) is 4.74 Å². The summed E-state index contributed by atoms with van der Waals surface area (Å²) in [5.74, 6) is 0.0465. The van der Waals surface area contributed by atoms with E-state index in [1.165, 1.54) is 0 Å². The molecule has 1 aromatic rings. The molecule has 0 aliphatic carbocycles. The number of hydrogen-bond donors (Lipinski definition) is 1. The summed E-state index contributed by atoms with van der Waals surface area (Å²) in [7, 11) is 0. The maximum absolute atomic E-state index is 12.4. The normalized spacial score (nSPS) is 28.1. The number of nitrogens with zero attached hydrogens (tertiary/aromatic N) is 2. The second-order valence-corrected chi connectivity index (χ2v) is 6.35. The van der Waals surface area contributed by atoms with Gasteiger partial charge in [-0.15, -0.1) is 0 Å². The van der Waals surface area contributed by atoms with Crippen LogP contribution in [0.25, 0.3) is 0 Å². The van der Waals surface area contributed by atoms with Gasteiger partial charge < -0.3 is 19.9 Å². The summed E-state index contributed by atoms with van der Waals surface area (Å²) in [5, 5.41) is 2.99. The summed E-state index contributed by atoms with van der Waals surface area (Å²) in [4.78, 5) is 28.1. The molecule has 0 spiro atoms. The molecule has 1 aromatic carbocycles. The number of nitrogens with one attached hydrogen (secondary N) is 1. The highest BCUT2D eigenvalue weighted by molar-refractivity contribution is 5.96. The van der Waals surface area contributed by atoms with E-state index in [1.807, 2.05) is 44.2 Å². The van der Waals surface area contributed by atoms with Crippen LogP contribution in [0.2, 0.25) is 0 Å². The molecule has 0 bridgehead atoms. The zero-order valence-electron chi connectivity index (χ0n) is 13.6. The smallest absolute Gasteiger partial charge is 0.317 e. The van der Waals surface area contributed by atoms with Crippen LogP contribution in [0, 0.1) is 0 Å². The van der Waals surface area contributed by atoms with Gasteiger partial charge in [0, 0.05) is 31.7 Å². The van der Waals surface area contributed by atoms with Crippen molar-refractivity contribution in [2.75, 3.05) is 24.5 Å². The minimum absolute atomic E-state index is 0.0375. The predicted molar refractivity (Wildman–Crippen MR) is 87.3 cm³/mol. The van der Waals surface area contributed by atoms with E-state index in [-0.39, 0.29) is 30.2 Å². The highest BCUT2D eigenvalue weighted by atomic mass is 16.5. The van der Waals surface area contributed by atoms with Crippen LogP contribution in [-0.4, -0.2) is 54.7 Å². The molecule has 6 nitrogen and oxygen atoms in total. The van der Waals surface area contributed by atoms with Crippen molar-refractivity contribution in [2.24, 2.45) is 0 Å². The number of ether oxygens (including phenoxy) is 1. The standard InChI is InChI=1S/C17H23N3O3/c1-12-9-19(10-13(2)23-12)17(22)18-14-8-16(21)20(11-14)15-6-4-3-5-7-15/h3-7,12-14H,8-11H2,1-2H3,(H,18,22)/t12-,13-,14+/m1/s1. The number of urea groups is 1. The number of anilines is 1. The lowest BCUT2D eigenvalue weighted by atomic mass is 10.2. The molecule has 2 aliphatic heterocycles. The van der Waals surface area contributed by atoms with Crippen LogP contribution in [0.15, 0.2) is 30.3 Å². The molecular formula is C17H23N3O3. The van der Waals surface area contributed by atoms with E-state index in [0.717, 1.165) is 5.69 Å². The maximum atomic E-state index is 12.4. The first-order valence-corrected chi connectivity index (χ1v) is 8.09. The molecule has 6 heteroatoms. The van der Waals surface area contributed by atoms with Gasteiger partial charge in [0.25, 0.3) is 0 Å². The Labute approximate surface area is 136 Å². The molecule has 2 aliphatic rings. The molecule has 2 heterocycles. The molecule has 0 radical (unpaired) electrons. The minimum Gasteiger partial charge on any atom is -0.372 e. The van der Waals surface area contributed by atoms with Gasteiger partial charge in [-0.25, -0.2) is 4.79 Å². The number of rotatable bonds is 2. The number of amides is 3. The topological polar surface area (TPSA) is 61.9 Å². The molecule has 0 saturated carbocycles. The van der Waals surface area contributed by atoms with Gasteiger partial charge in [-0.3, -0.25) is 4.79 Å². The number of carbonyl (C=O) groups is 2. The first kappa shape index (κ1) is 15.8. The van der Waals surface area contributed by atoms with E-state index in [9.17, 15) is 9.59 Å². The van der Waals surface area contributed by atoms with Crippen molar-refractivity contribution < 1.29 is 14.3 Å². The zero-order valence-corrected chi connectivity index (χ0v) is 13.6. The first-order chi connectivity index (χ1) is 11.0. The van der Waals surface area contributed by atoms with Crippen molar-refractivity contribution in [2.45, 2.75) is 38.5 Å². The Balaban J connectivity index is 1.59. The molecule has 3 rings (SSSR count). The monoisotopic (exact) mass is 317 g/mol. The Morgan fingerprint density at radius 2 is 1.78 bits per heavy atom. The van der Waals surface area contributed by atoms with Crippen molar-refractivity contribution >= 4 is 17.6 Å². The molecule has 2 saturated heterocycles. The number of para-hydroxylation sites is 1. The third kappa shape index (κ3) is 3.64. The van der Waals surface area contributed by atoms with Crippen molar-refractivity contribution in [1.82, 2.24) is 10.2 Å². The highest BCUT2D eigenvalue weighted by Crippen LogP contribution is 2.21. The van der Waals surface area contributed by atoms with Gasteiger partial charge in [-0.1, -0.05) is 18.2 Å². The Hall–Kier alpha value is -2.08. The molecule has 23 heavy (non-hydrogen) atoms. The minimum atomic E-state index is -0.149. The quantitative estimate of drug-likeness (QED) is 0.901. The van der Waals surface area contributed by atoms with Crippen molar-refractivity contribution in [3.05, 3.63) is 30.3 Å². The van der Waals surface area contributed by atoms with Crippen LogP contribution >= 0.6 is 0 Å². The lowest BCUT2D eigenvalue weighted by Gasteiger charge is -2.35. The predicted octanol–water partition coefficient (Wildman–Crippen LogP) is 1.61. The van der Waals surface area contributed by atoms with Gasteiger partial charge in [0.05, 0.1) is 18.2 Å². The van der Waals surface area contributed by atoms with E-state index in [2.05, 4.69) is 5.32 Å². The molecule has 3 amide bonds. The van der Waals surface area contributed by atoms with Gasteiger partial charge in [-0.2, -0.15) is 0 Å². The van der Waals surface area contributed by atoms with Crippen LogP contribution in [-0.2, 0) is 9.53 Å². The average molecular weight is 317 g/mol. The summed E-state index contributed by atoms with van der Waals surface area (Å²) in [6.07, 6.45) is 0.418. The van der Waals surface area contributed by atoms with E-state index in [0.29, 0.717) is 26.1 Å². The Morgan fingerprint density at radius 1 is 1.13 bits per heavy atom. The lowest BCUT2D eigenvalue weighted by Crippen LogP contribution is -2.53. The lowest BCUT2D eigenvalue weighted by molar-refractivity contribution is -0.117. The van der Waals surface area contributed by atoms with Crippen molar-refractivity contribution in [3.8, 4) is 0 Å². The summed E-state index contributed by atoms with van der Waals surface area (Å²) in [6.45, 7) is 5.61. The molecule has 3 atom stereocenters. The Bertz CT molecular complexity index is 568. The van der Waals surface area contributed by atoms with Gasteiger partial charge in [-0.05, 0) is 26.0 Å². The summed E-state index contributed by atoms with van der Waals surface area (Å²) in [6, 6.07) is 9.30. The summed E-state index contributed by atoms with van der Waals surface area (Å²) < 4.78 is 5.64. The van der Waals surface area contributed by atoms with Crippen LogP contribution in [0.1, 0.15) is 20.3 Å². The maximum Gasteiger partial charge on any atom is 0.317 e. The van der Waals surface area contributed by atoms with E-state index < -0.39 is 0 Å². The van der Waals surface area contributed by atoms with E-state index in [1.54, 1.807) is 9.80 Å². The van der Waals surface area contributed by atoms with Gasteiger partial charge >= 0.3 is 6.03 Å². The molecular weight excluding hydrogens is 294 g/mol. The second kappa shape index (κ2) is 6.58. The fourth-order valence-corrected chi connectivity index (χ4v) is 3.27. The molecule has 124 valence electrons. The van der Waals surface area contributed by atoms with Crippen LogP contribution in [0.3, 0.4) is 0 Å². The third-order valence-electron chi connectivity index (χ3n) is 4.23. The highest BCUT2D eigenvalue weighted by Gasteiger charge is 2.33. The van der Waals surface area contributed by atoms with Crippen molar-refractivity contribution in [1.29, 1.82) is 0 Å². The van der Waals surface area contributed by atoms with Crippen molar-refractivity contribution in [3.63, 3.8) is 0 Å². The Morgan fingerprint density at radius 3 is 2.43 bits per heavy atom. The fourth-order valence-electron chi connectivity index (χ4n) is 3.27. The molecule has 0 unspecified atom stereocenters. The second-order valence-electron chi connectivity index (χ2n) is 6.35. The molecule has 0 aromatic heterocycles. The van der Waals surface area contributed by atoms with Crippen LogP contribution in [0.5, 0.6) is 0 Å².